The first-order valence-corrected chi connectivity index (χ1v) is 6.50. The largest absolute Gasteiger partial charge is 0.477 e. The number of halogens is 1. The van der Waals surface area contributed by atoms with Crippen LogP contribution in [0.1, 0.15) is 5.56 Å². The van der Waals surface area contributed by atoms with Crippen LogP contribution in [0.5, 0.6) is 0 Å². The molecule has 0 radical (unpaired) electrons. The van der Waals surface area contributed by atoms with Gasteiger partial charge in [0.15, 0.2) is 4.91 Å². The van der Waals surface area contributed by atoms with Crippen molar-refractivity contribution in [2.24, 2.45) is 0 Å². The van der Waals surface area contributed by atoms with Crippen LogP contribution in [-0.2, 0) is 14.6 Å². The third-order valence-electron chi connectivity index (χ3n) is 2.24. The first kappa shape index (κ1) is 11.9. The molecule has 1 aliphatic rings. The molecule has 88 valence electrons. The third-order valence-corrected chi connectivity index (χ3v) is 3.95. The molecule has 1 heterocycles. The Labute approximate surface area is 103 Å². The van der Waals surface area contributed by atoms with Crippen LogP contribution in [0.4, 0.5) is 0 Å². The number of rotatable bonds is 2. The smallest absolute Gasteiger partial charge is 0.347 e. The molecule has 2 rings (SSSR count). The summed E-state index contributed by atoms with van der Waals surface area (Å²) >= 11 is 5.78. The third kappa shape index (κ3) is 2.25. The number of benzene rings is 1. The molecule has 0 amide bonds. The Hall–Kier alpha value is -1.59. The van der Waals surface area contributed by atoms with Crippen LogP contribution < -0.4 is 0 Å². The second-order valence-corrected chi connectivity index (χ2v) is 5.64. The molecule has 1 aromatic rings. The average Bonchev–Trinajstić information content (AvgIpc) is 2.54. The summed E-state index contributed by atoms with van der Waals surface area (Å²) in [5, 5.41) is 10.2. The Morgan fingerprint density at radius 1 is 1.29 bits per heavy atom. The summed E-state index contributed by atoms with van der Waals surface area (Å²) in [6.45, 7) is 0. The van der Waals surface area contributed by atoms with Gasteiger partial charge in [0.1, 0.15) is 0 Å². The number of sulfone groups is 1. The van der Waals surface area contributed by atoms with Crippen molar-refractivity contribution in [2.45, 2.75) is 0 Å². The van der Waals surface area contributed by atoms with Crippen molar-refractivity contribution >= 4 is 33.0 Å². The number of allylic oxidation sites excluding steroid dienone is 2. The molecule has 1 aliphatic heterocycles. The second kappa shape index (κ2) is 4.01. The highest BCUT2D eigenvalue weighted by Gasteiger charge is 2.28. The topological polar surface area (TPSA) is 71.4 Å². The Balaban J connectivity index is 2.54. The molecule has 0 aromatic heterocycles. The lowest BCUT2D eigenvalue weighted by Gasteiger charge is -1.98. The molecule has 0 saturated carbocycles. The molecule has 0 atom stereocenters. The van der Waals surface area contributed by atoms with Crippen molar-refractivity contribution in [3.63, 3.8) is 0 Å². The van der Waals surface area contributed by atoms with E-state index in [-0.39, 0.29) is 0 Å². The van der Waals surface area contributed by atoms with E-state index in [9.17, 15) is 13.2 Å². The zero-order chi connectivity index (χ0) is 12.6. The maximum atomic E-state index is 11.5. The van der Waals surface area contributed by atoms with E-state index in [2.05, 4.69) is 0 Å². The van der Waals surface area contributed by atoms with Gasteiger partial charge in [0.25, 0.3) is 0 Å². The molecule has 4 nitrogen and oxygen atoms in total. The number of hydrogen-bond donors (Lipinski definition) is 1. The fourth-order valence-corrected chi connectivity index (χ4v) is 2.88. The number of aliphatic carboxylic acids is 1. The molecule has 0 saturated heterocycles. The molecule has 0 spiro atoms. The minimum atomic E-state index is -3.84. The van der Waals surface area contributed by atoms with E-state index in [1.165, 1.54) is 0 Å². The summed E-state index contributed by atoms with van der Waals surface area (Å²) < 4.78 is 23.0. The maximum absolute atomic E-state index is 11.5. The Morgan fingerprint density at radius 3 is 2.53 bits per heavy atom. The van der Waals surface area contributed by atoms with Crippen molar-refractivity contribution in [3.8, 4) is 0 Å². The maximum Gasteiger partial charge on any atom is 0.347 e. The van der Waals surface area contributed by atoms with Crippen molar-refractivity contribution in [1.82, 2.24) is 0 Å². The minimum absolute atomic E-state index is 0.324. The summed E-state index contributed by atoms with van der Waals surface area (Å²) in [4.78, 5) is 10.1. The van der Waals surface area contributed by atoms with Crippen LogP contribution in [0, 0.1) is 0 Å². The SMILES string of the molecule is O=C(O)C1=CC(c2cccc(Cl)c2)=CS1(=O)=O. The predicted molar refractivity (Wildman–Crippen MR) is 64.1 cm³/mol. The highest BCUT2D eigenvalue weighted by molar-refractivity contribution is 7.99. The normalized spacial score (nSPS) is 17.5. The van der Waals surface area contributed by atoms with Crippen LogP contribution in [0.25, 0.3) is 5.57 Å². The molecule has 0 unspecified atom stereocenters. The van der Waals surface area contributed by atoms with E-state index < -0.39 is 20.7 Å². The molecule has 1 N–H and O–H groups in total. The molecule has 17 heavy (non-hydrogen) atoms. The van der Waals surface area contributed by atoms with Gasteiger partial charge in [-0.25, -0.2) is 13.2 Å². The minimum Gasteiger partial charge on any atom is -0.477 e. The monoisotopic (exact) mass is 270 g/mol. The zero-order valence-electron chi connectivity index (χ0n) is 8.42. The van der Waals surface area contributed by atoms with Crippen LogP contribution in [0.3, 0.4) is 0 Å². The van der Waals surface area contributed by atoms with E-state index in [1.807, 2.05) is 0 Å². The van der Waals surface area contributed by atoms with E-state index >= 15 is 0 Å². The molecule has 6 heteroatoms. The van der Waals surface area contributed by atoms with E-state index in [1.54, 1.807) is 24.3 Å². The van der Waals surface area contributed by atoms with Crippen molar-refractivity contribution in [1.29, 1.82) is 0 Å². The van der Waals surface area contributed by atoms with Crippen LogP contribution in [0.2, 0.25) is 5.02 Å². The Bertz CT molecular complexity index is 656. The average molecular weight is 271 g/mol. The van der Waals surface area contributed by atoms with E-state index in [0.717, 1.165) is 11.5 Å². The van der Waals surface area contributed by atoms with E-state index in [4.69, 9.17) is 16.7 Å². The first-order chi connectivity index (χ1) is 7.90. The van der Waals surface area contributed by atoms with Gasteiger partial charge in [-0.2, -0.15) is 0 Å². The van der Waals surface area contributed by atoms with Crippen LogP contribution in [-0.4, -0.2) is 19.5 Å². The summed E-state index contributed by atoms with van der Waals surface area (Å²) in [6, 6.07) is 6.55. The highest BCUT2D eigenvalue weighted by Crippen LogP contribution is 2.30. The molecule has 0 bridgehead atoms. The lowest BCUT2D eigenvalue weighted by atomic mass is 10.1. The van der Waals surface area contributed by atoms with Crippen LogP contribution >= 0.6 is 11.6 Å². The van der Waals surface area contributed by atoms with Crippen molar-refractivity contribution in [3.05, 3.63) is 51.2 Å². The second-order valence-electron chi connectivity index (χ2n) is 3.44. The number of carbonyl (C=O) groups is 1. The number of carboxylic acids is 1. The summed E-state index contributed by atoms with van der Waals surface area (Å²) in [6.07, 6.45) is 1.13. The van der Waals surface area contributed by atoms with Gasteiger partial charge in [-0.3, -0.25) is 0 Å². The standard InChI is InChI=1S/C11H7ClO4S/c12-9-3-1-2-7(4-9)8-5-10(11(13)14)17(15,16)6-8/h1-6H,(H,13,14). The fourth-order valence-electron chi connectivity index (χ4n) is 1.49. The Morgan fingerprint density at radius 2 is 2.00 bits per heavy atom. The first-order valence-electron chi connectivity index (χ1n) is 4.58. The molecule has 0 aliphatic carbocycles. The van der Waals surface area contributed by atoms with Gasteiger partial charge in [0.05, 0.1) is 0 Å². The van der Waals surface area contributed by atoms with Gasteiger partial charge in [0.2, 0.25) is 9.84 Å². The van der Waals surface area contributed by atoms with Gasteiger partial charge >= 0.3 is 5.97 Å². The molecule has 0 fully saturated rings. The summed E-state index contributed by atoms with van der Waals surface area (Å²) in [5.74, 6) is -1.46. The molecular formula is C11H7ClO4S. The van der Waals surface area contributed by atoms with Crippen LogP contribution in [0.15, 0.2) is 40.7 Å². The Kier molecular flexibility index (Phi) is 2.81. The lowest BCUT2D eigenvalue weighted by molar-refractivity contribution is -0.131. The predicted octanol–water partition coefficient (Wildman–Crippen LogP) is 2.08. The lowest BCUT2D eigenvalue weighted by Crippen LogP contribution is -2.07. The summed E-state index contributed by atoms with van der Waals surface area (Å²) in [5.41, 5.74) is 0.891. The number of hydrogen-bond acceptors (Lipinski definition) is 3. The highest BCUT2D eigenvalue weighted by atomic mass is 35.5. The summed E-state index contributed by atoms with van der Waals surface area (Å²) in [7, 11) is -3.84. The fraction of sp³-hybridized carbons (Fsp3) is 0. The van der Waals surface area contributed by atoms with Gasteiger partial charge in [-0.1, -0.05) is 23.7 Å². The van der Waals surface area contributed by atoms with Gasteiger partial charge in [-0.15, -0.1) is 0 Å². The molecule has 1 aromatic carbocycles. The molecular weight excluding hydrogens is 264 g/mol. The zero-order valence-corrected chi connectivity index (χ0v) is 9.99. The van der Waals surface area contributed by atoms with Gasteiger partial charge in [0, 0.05) is 10.4 Å². The van der Waals surface area contributed by atoms with E-state index in [0.29, 0.717) is 16.2 Å². The quantitative estimate of drug-likeness (QED) is 0.893. The van der Waals surface area contributed by atoms with Gasteiger partial charge < -0.3 is 5.11 Å². The number of carboxylic acid groups (broad SMARTS) is 1. The van der Waals surface area contributed by atoms with Gasteiger partial charge in [-0.05, 0) is 29.3 Å². The van der Waals surface area contributed by atoms with Crippen molar-refractivity contribution in [2.75, 3.05) is 0 Å². The van der Waals surface area contributed by atoms with Crippen molar-refractivity contribution < 1.29 is 18.3 Å².